The van der Waals surface area contributed by atoms with Crippen molar-refractivity contribution in [2.24, 2.45) is 5.73 Å². The molecular weight excluding hydrogens is 234 g/mol. The molecule has 0 radical (unpaired) electrons. The molecule has 1 aromatic carbocycles. The van der Waals surface area contributed by atoms with Gasteiger partial charge in [-0.25, -0.2) is 0 Å². The lowest BCUT2D eigenvalue weighted by molar-refractivity contribution is 0.155. The lowest BCUT2D eigenvalue weighted by atomic mass is 9.94. The summed E-state index contributed by atoms with van der Waals surface area (Å²) in [4.78, 5) is 4.90. The molecule has 3 nitrogen and oxygen atoms in total. The van der Waals surface area contributed by atoms with E-state index in [1.807, 2.05) is 0 Å². The number of anilines is 1. The Hall–Kier alpha value is -1.06. The Morgan fingerprint density at radius 2 is 1.95 bits per heavy atom. The second kappa shape index (κ2) is 5.14. The van der Waals surface area contributed by atoms with E-state index >= 15 is 0 Å². The quantitative estimate of drug-likeness (QED) is 0.885. The predicted octanol–water partition coefficient (Wildman–Crippen LogP) is 2.16. The van der Waals surface area contributed by atoms with E-state index < -0.39 is 0 Å². The minimum absolute atomic E-state index is 0.141. The molecular formula is C16H27N3. The molecule has 1 aliphatic heterocycles. The van der Waals surface area contributed by atoms with Crippen molar-refractivity contribution in [2.75, 3.05) is 31.6 Å². The maximum absolute atomic E-state index is 5.91. The maximum Gasteiger partial charge on any atom is 0.0473 e. The summed E-state index contributed by atoms with van der Waals surface area (Å²) in [5.74, 6) is 0. The van der Waals surface area contributed by atoms with Crippen molar-refractivity contribution in [3.8, 4) is 0 Å². The molecule has 0 amide bonds. The maximum atomic E-state index is 5.91. The largest absolute Gasteiger partial charge is 0.363 e. The zero-order chi connectivity index (χ0) is 14.2. The monoisotopic (exact) mass is 261 g/mol. The number of benzene rings is 1. The third-order valence-electron chi connectivity index (χ3n) is 4.46. The molecule has 1 aliphatic rings. The van der Waals surface area contributed by atoms with Crippen LogP contribution in [-0.2, 0) is 0 Å². The van der Waals surface area contributed by atoms with E-state index in [0.29, 0.717) is 12.6 Å². The molecule has 0 spiro atoms. The van der Waals surface area contributed by atoms with E-state index in [1.165, 1.54) is 16.8 Å². The predicted molar refractivity (Wildman–Crippen MR) is 82.8 cm³/mol. The van der Waals surface area contributed by atoms with Crippen LogP contribution in [0, 0.1) is 13.8 Å². The Labute approximate surface area is 117 Å². The SMILES string of the molecule is Cc1ccc(N2CC(CN)N(C)CC2(C)C)cc1C. The van der Waals surface area contributed by atoms with Gasteiger partial charge in [-0.3, -0.25) is 4.90 Å². The van der Waals surface area contributed by atoms with Gasteiger partial charge < -0.3 is 10.6 Å². The molecule has 1 saturated heterocycles. The van der Waals surface area contributed by atoms with Gasteiger partial charge >= 0.3 is 0 Å². The molecule has 0 bridgehead atoms. The topological polar surface area (TPSA) is 32.5 Å². The Morgan fingerprint density at radius 1 is 1.26 bits per heavy atom. The number of piperazine rings is 1. The van der Waals surface area contributed by atoms with Crippen molar-refractivity contribution in [3.05, 3.63) is 29.3 Å². The first-order valence-corrected chi connectivity index (χ1v) is 7.10. The molecule has 0 aliphatic carbocycles. The van der Waals surface area contributed by atoms with E-state index in [4.69, 9.17) is 5.73 Å². The Bertz CT molecular complexity index is 453. The molecule has 1 unspecified atom stereocenters. The standard InChI is InChI=1S/C16H27N3/c1-12-6-7-14(8-13(12)2)19-10-15(9-17)18(5)11-16(19,3)4/h6-8,15H,9-11,17H2,1-5H3. The smallest absolute Gasteiger partial charge is 0.0473 e. The zero-order valence-corrected chi connectivity index (χ0v) is 12.9. The average Bonchev–Trinajstić information content (AvgIpc) is 2.32. The van der Waals surface area contributed by atoms with Crippen LogP contribution in [0.2, 0.25) is 0 Å². The highest BCUT2D eigenvalue weighted by atomic mass is 15.3. The average molecular weight is 261 g/mol. The van der Waals surface area contributed by atoms with Crippen molar-refractivity contribution in [2.45, 2.75) is 39.3 Å². The van der Waals surface area contributed by atoms with Crippen LogP contribution < -0.4 is 10.6 Å². The molecule has 106 valence electrons. The van der Waals surface area contributed by atoms with E-state index in [9.17, 15) is 0 Å². The normalized spacial score (nSPS) is 23.7. The second-order valence-electron chi connectivity index (χ2n) is 6.50. The number of aryl methyl sites for hydroxylation is 2. The summed E-state index contributed by atoms with van der Waals surface area (Å²) in [6.07, 6.45) is 0. The summed E-state index contributed by atoms with van der Waals surface area (Å²) in [7, 11) is 2.18. The summed E-state index contributed by atoms with van der Waals surface area (Å²) >= 11 is 0. The summed E-state index contributed by atoms with van der Waals surface area (Å²) in [6.45, 7) is 11.7. The molecule has 2 rings (SSSR count). The minimum Gasteiger partial charge on any atom is -0.363 e. The van der Waals surface area contributed by atoms with Crippen LogP contribution in [-0.4, -0.2) is 43.2 Å². The molecule has 3 heteroatoms. The fourth-order valence-electron chi connectivity index (χ4n) is 3.02. The minimum atomic E-state index is 0.141. The lowest BCUT2D eigenvalue weighted by Gasteiger charge is -2.51. The fraction of sp³-hybridized carbons (Fsp3) is 0.625. The van der Waals surface area contributed by atoms with Crippen molar-refractivity contribution in [1.29, 1.82) is 0 Å². The van der Waals surface area contributed by atoms with Crippen molar-refractivity contribution < 1.29 is 0 Å². The van der Waals surface area contributed by atoms with Gasteiger partial charge in [0.1, 0.15) is 0 Å². The molecule has 1 atom stereocenters. The highest BCUT2D eigenvalue weighted by Crippen LogP contribution is 2.30. The van der Waals surface area contributed by atoms with Gasteiger partial charge in [-0.1, -0.05) is 6.07 Å². The number of likely N-dealkylation sites (N-methyl/N-ethyl adjacent to an activating group) is 1. The summed E-state index contributed by atoms with van der Waals surface area (Å²) in [5, 5.41) is 0. The van der Waals surface area contributed by atoms with Crippen LogP contribution in [0.1, 0.15) is 25.0 Å². The Balaban J connectivity index is 2.32. The van der Waals surface area contributed by atoms with Gasteiger partial charge in [0, 0.05) is 36.9 Å². The van der Waals surface area contributed by atoms with Gasteiger partial charge in [-0.15, -0.1) is 0 Å². The molecule has 19 heavy (non-hydrogen) atoms. The second-order valence-corrected chi connectivity index (χ2v) is 6.50. The number of rotatable bonds is 2. The molecule has 1 aromatic rings. The van der Waals surface area contributed by atoms with Gasteiger partial charge in [-0.2, -0.15) is 0 Å². The third-order valence-corrected chi connectivity index (χ3v) is 4.46. The van der Waals surface area contributed by atoms with Crippen LogP contribution in [0.4, 0.5) is 5.69 Å². The first kappa shape index (κ1) is 14.4. The number of nitrogens with zero attached hydrogens (tertiary/aromatic N) is 2. The van der Waals surface area contributed by atoms with Crippen LogP contribution in [0.5, 0.6) is 0 Å². The van der Waals surface area contributed by atoms with E-state index in [2.05, 4.69) is 62.7 Å². The molecule has 0 saturated carbocycles. The molecule has 0 aromatic heterocycles. The lowest BCUT2D eigenvalue weighted by Crippen LogP contribution is -2.64. The van der Waals surface area contributed by atoms with E-state index in [0.717, 1.165) is 13.1 Å². The van der Waals surface area contributed by atoms with Crippen LogP contribution >= 0.6 is 0 Å². The fourth-order valence-corrected chi connectivity index (χ4v) is 3.02. The number of hydrogen-bond acceptors (Lipinski definition) is 3. The van der Waals surface area contributed by atoms with E-state index in [1.54, 1.807) is 0 Å². The highest BCUT2D eigenvalue weighted by molar-refractivity contribution is 5.53. The van der Waals surface area contributed by atoms with Gasteiger partial charge in [-0.05, 0) is 58.0 Å². The van der Waals surface area contributed by atoms with Gasteiger partial charge in [0.2, 0.25) is 0 Å². The van der Waals surface area contributed by atoms with E-state index in [-0.39, 0.29) is 5.54 Å². The molecule has 2 N–H and O–H groups in total. The van der Waals surface area contributed by atoms with Gasteiger partial charge in [0.15, 0.2) is 0 Å². The Morgan fingerprint density at radius 3 is 2.53 bits per heavy atom. The van der Waals surface area contributed by atoms with Gasteiger partial charge in [0.25, 0.3) is 0 Å². The van der Waals surface area contributed by atoms with Gasteiger partial charge in [0.05, 0.1) is 0 Å². The van der Waals surface area contributed by atoms with Crippen LogP contribution in [0.25, 0.3) is 0 Å². The third kappa shape index (κ3) is 2.77. The molecule has 1 heterocycles. The van der Waals surface area contributed by atoms with Crippen molar-refractivity contribution in [3.63, 3.8) is 0 Å². The number of nitrogens with two attached hydrogens (primary N) is 1. The summed E-state index contributed by atoms with van der Waals surface area (Å²) in [6, 6.07) is 7.20. The highest BCUT2D eigenvalue weighted by Gasteiger charge is 2.36. The van der Waals surface area contributed by atoms with Crippen LogP contribution in [0.3, 0.4) is 0 Å². The number of hydrogen-bond donors (Lipinski definition) is 1. The Kier molecular flexibility index (Phi) is 3.88. The van der Waals surface area contributed by atoms with Crippen molar-refractivity contribution in [1.82, 2.24) is 4.90 Å². The molecule has 1 fully saturated rings. The summed E-state index contributed by atoms with van der Waals surface area (Å²) in [5.41, 5.74) is 10.1. The first-order chi connectivity index (χ1) is 8.85. The zero-order valence-electron chi connectivity index (χ0n) is 12.9. The van der Waals surface area contributed by atoms with Crippen LogP contribution in [0.15, 0.2) is 18.2 Å². The summed E-state index contributed by atoms with van der Waals surface area (Å²) < 4.78 is 0. The van der Waals surface area contributed by atoms with Crippen molar-refractivity contribution >= 4 is 5.69 Å². The first-order valence-electron chi connectivity index (χ1n) is 7.10.